The molecule has 1 unspecified atom stereocenters. The smallest absolute Gasteiger partial charge is 0.339 e. The van der Waals surface area contributed by atoms with E-state index in [1.54, 1.807) is 11.8 Å². The van der Waals surface area contributed by atoms with Gasteiger partial charge in [0.15, 0.2) is 5.60 Å². The Balaban J connectivity index is 1.41. The van der Waals surface area contributed by atoms with Crippen molar-refractivity contribution in [3.63, 3.8) is 0 Å². The minimum atomic E-state index is -0.659. The van der Waals surface area contributed by atoms with Crippen LogP contribution in [0.15, 0.2) is 59.5 Å². The summed E-state index contributed by atoms with van der Waals surface area (Å²) in [4.78, 5) is 27.9. The summed E-state index contributed by atoms with van der Waals surface area (Å²) < 4.78 is 5.78. The minimum Gasteiger partial charge on any atom is -0.449 e. The van der Waals surface area contributed by atoms with E-state index in [9.17, 15) is 9.59 Å². The predicted molar refractivity (Wildman–Crippen MR) is 101 cm³/mol. The van der Waals surface area contributed by atoms with E-state index in [0.29, 0.717) is 18.5 Å². The summed E-state index contributed by atoms with van der Waals surface area (Å²) in [5, 5.41) is 0. The van der Waals surface area contributed by atoms with Crippen LogP contribution in [-0.4, -0.2) is 35.6 Å². The van der Waals surface area contributed by atoms with Gasteiger partial charge >= 0.3 is 5.97 Å². The molecule has 2 aromatic carbocycles. The molecule has 1 saturated heterocycles. The van der Waals surface area contributed by atoms with Crippen LogP contribution in [0.1, 0.15) is 35.2 Å². The number of benzene rings is 2. The number of likely N-dealkylation sites (tertiary alicyclic amines) is 1. The first-order chi connectivity index (χ1) is 12.7. The zero-order chi connectivity index (χ0) is 18.0. The van der Waals surface area contributed by atoms with Gasteiger partial charge < -0.3 is 9.64 Å². The molecule has 0 radical (unpaired) electrons. The second-order valence-electron chi connectivity index (χ2n) is 6.76. The highest BCUT2D eigenvalue weighted by Crippen LogP contribution is 2.42. The molecule has 0 bridgehead atoms. The van der Waals surface area contributed by atoms with Gasteiger partial charge in [-0.15, -0.1) is 11.8 Å². The first-order valence-corrected chi connectivity index (χ1v) is 9.95. The molecule has 0 aromatic heterocycles. The summed E-state index contributed by atoms with van der Waals surface area (Å²) in [7, 11) is 0. The Labute approximate surface area is 157 Å². The second-order valence-corrected chi connectivity index (χ2v) is 7.93. The molecular weight excluding hydrogens is 346 g/mol. The van der Waals surface area contributed by atoms with Crippen molar-refractivity contribution in [1.82, 2.24) is 4.90 Å². The zero-order valence-electron chi connectivity index (χ0n) is 14.5. The number of piperidine rings is 1. The van der Waals surface area contributed by atoms with Crippen LogP contribution in [0, 0.1) is 0 Å². The largest absolute Gasteiger partial charge is 0.449 e. The number of amides is 1. The van der Waals surface area contributed by atoms with Crippen molar-refractivity contribution in [2.45, 2.75) is 29.8 Å². The standard InChI is InChI=1S/C21H21NO3S/c23-19(11-14-26-16-7-2-1-3-8-16)22-13-6-12-21(15-22)18-10-5-4-9-17(18)20(24)25-21/h1-5,7-10H,6,11-15H2. The third-order valence-electron chi connectivity index (χ3n) is 5.06. The van der Waals surface area contributed by atoms with Crippen LogP contribution < -0.4 is 0 Å². The Bertz CT molecular complexity index is 823. The lowest BCUT2D eigenvalue weighted by molar-refractivity contribution is -0.138. The summed E-state index contributed by atoms with van der Waals surface area (Å²) >= 11 is 1.69. The molecule has 2 heterocycles. The van der Waals surface area contributed by atoms with E-state index < -0.39 is 5.60 Å². The Morgan fingerprint density at radius 1 is 1.12 bits per heavy atom. The number of carbonyl (C=O) groups is 2. The Kier molecular flexibility index (Phi) is 4.72. The van der Waals surface area contributed by atoms with Gasteiger partial charge in [-0.25, -0.2) is 4.79 Å². The minimum absolute atomic E-state index is 0.132. The van der Waals surface area contributed by atoms with Gasteiger partial charge in [-0.1, -0.05) is 36.4 Å². The van der Waals surface area contributed by atoms with Crippen LogP contribution in [0.3, 0.4) is 0 Å². The van der Waals surface area contributed by atoms with Crippen LogP contribution in [0.2, 0.25) is 0 Å². The zero-order valence-corrected chi connectivity index (χ0v) is 15.3. The van der Waals surface area contributed by atoms with Gasteiger partial charge in [0.05, 0.1) is 12.1 Å². The molecule has 4 rings (SSSR count). The first kappa shape index (κ1) is 17.2. The fraction of sp³-hybridized carbons (Fsp3) is 0.333. The number of ether oxygens (including phenoxy) is 1. The number of nitrogens with zero attached hydrogens (tertiary/aromatic N) is 1. The molecule has 1 spiro atoms. The average Bonchev–Trinajstić information content (AvgIpc) is 2.94. The Morgan fingerprint density at radius 2 is 1.88 bits per heavy atom. The topological polar surface area (TPSA) is 46.6 Å². The molecule has 134 valence electrons. The Hall–Kier alpha value is -2.27. The highest BCUT2D eigenvalue weighted by Gasteiger charge is 2.48. The first-order valence-electron chi connectivity index (χ1n) is 8.96. The number of fused-ring (bicyclic) bond motifs is 2. The van der Waals surface area contributed by atoms with Gasteiger partial charge in [0.2, 0.25) is 5.91 Å². The average molecular weight is 367 g/mol. The van der Waals surface area contributed by atoms with E-state index in [4.69, 9.17) is 4.74 Å². The number of thioether (sulfide) groups is 1. The maximum atomic E-state index is 12.7. The number of rotatable bonds is 4. The van der Waals surface area contributed by atoms with Gasteiger partial charge in [0.25, 0.3) is 0 Å². The van der Waals surface area contributed by atoms with Crippen molar-refractivity contribution < 1.29 is 14.3 Å². The van der Waals surface area contributed by atoms with Crippen molar-refractivity contribution in [3.05, 3.63) is 65.7 Å². The van der Waals surface area contributed by atoms with Crippen molar-refractivity contribution in [2.75, 3.05) is 18.8 Å². The van der Waals surface area contributed by atoms with E-state index in [2.05, 4.69) is 12.1 Å². The molecule has 0 aliphatic carbocycles. The fourth-order valence-corrected chi connectivity index (χ4v) is 4.68. The molecule has 1 fully saturated rings. The molecule has 0 N–H and O–H groups in total. The molecule has 1 amide bonds. The number of esters is 1. The lowest BCUT2D eigenvalue weighted by Crippen LogP contribution is -2.48. The highest BCUT2D eigenvalue weighted by atomic mass is 32.2. The molecule has 5 heteroatoms. The van der Waals surface area contributed by atoms with Gasteiger partial charge in [0.1, 0.15) is 0 Å². The van der Waals surface area contributed by atoms with Crippen LogP contribution in [-0.2, 0) is 15.1 Å². The van der Waals surface area contributed by atoms with E-state index >= 15 is 0 Å². The van der Waals surface area contributed by atoms with E-state index in [-0.39, 0.29) is 11.9 Å². The van der Waals surface area contributed by atoms with Gasteiger partial charge in [-0.05, 0) is 31.0 Å². The fourth-order valence-electron chi connectivity index (χ4n) is 3.81. The highest BCUT2D eigenvalue weighted by molar-refractivity contribution is 7.99. The summed E-state index contributed by atoms with van der Waals surface area (Å²) in [5.41, 5.74) is 0.913. The monoisotopic (exact) mass is 367 g/mol. The maximum absolute atomic E-state index is 12.7. The van der Waals surface area contributed by atoms with Gasteiger partial charge in [0, 0.05) is 29.2 Å². The van der Waals surface area contributed by atoms with Crippen molar-refractivity contribution in [3.8, 4) is 0 Å². The summed E-state index contributed by atoms with van der Waals surface area (Å²) in [5.74, 6) is 0.616. The third-order valence-corrected chi connectivity index (χ3v) is 6.08. The molecule has 2 aliphatic rings. The van der Waals surface area contributed by atoms with E-state index in [1.807, 2.05) is 47.4 Å². The van der Waals surface area contributed by atoms with Crippen LogP contribution in [0.5, 0.6) is 0 Å². The molecule has 2 aliphatic heterocycles. The number of hydrogen-bond donors (Lipinski definition) is 0. The molecule has 1 atom stereocenters. The third kappa shape index (κ3) is 3.23. The lowest BCUT2D eigenvalue weighted by Gasteiger charge is -2.39. The van der Waals surface area contributed by atoms with Crippen molar-refractivity contribution in [2.24, 2.45) is 0 Å². The lowest BCUT2D eigenvalue weighted by atomic mass is 9.85. The molecule has 2 aromatic rings. The predicted octanol–water partition coefficient (Wildman–Crippen LogP) is 3.86. The summed E-state index contributed by atoms with van der Waals surface area (Å²) in [6.07, 6.45) is 2.11. The van der Waals surface area contributed by atoms with E-state index in [1.165, 1.54) is 4.90 Å². The normalized spacial score (nSPS) is 21.5. The van der Waals surface area contributed by atoms with Crippen molar-refractivity contribution in [1.29, 1.82) is 0 Å². The second kappa shape index (κ2) is 7.16. The van der Waals surface area contributed by atoms with Crippen LogP contribution in [0.4, 0.5) is 0 Å². The maximum Gasteiger partial charge on any atom is 0.339 e. The van der Waals surface area contributed by atoms with Crippen molar-refractivity contribution >= 4 is 23.6 Å². The number of carbonyl (C=O) groups excluding carboxylic acids is 2. The SMILES string of the molecule is O=C1OC2(CCCN(C(=O)CCSc3ccccc3)C2)c2ccccc21. The van der Waals surface area contributed by atoms with Gasteiger partial charge in [-0.2, -0.15) is 0 Å². The summed E-state index contributed by atoms with van der Waals surface area (Å²) in [6.45, 7) is 1.20. The molecule has 4 nitrogen and oxygen atoms in total. The quantitative estimate of drug-likeness (QED) is 0.608. The van der Waals surface area contributed by atoms with Gasteiger partial charge in [-0.3, -0.25) is 4.79 Å². The molecular formula is C21H21NO3S. The molecule has 0 saturated carbocycles. The van der Waals surface area contributed by atoms with E-state index in [0.717, 1.165) is 30.7 Å². The van der Waals surface area contributed by atoms with Crippen LogP contribution in [0.25, 0.3) is 0 Å². The van der Waals surface area contributed by atoms with Crippen LogP contribution >= 0.6 is 11.8 Å². The summed E-state index contributed by atoms with van der Waals surface area (Å²) in [6, 6.07) is 17.7. The number of hydrogen-bond acceptors (Lipinski definition) is 4. The Morgan fingerprint density at radius 3 is 2.73 bits per heavy atom. The molecule has 26 heavy (non-hydrogen) atoms.